The molecule has 0 spiro atoms. The lowest BCUT2D eigenvalue weighted by Gasteiger charge is -2.43. The molecule has 2 aliphatic carbocycles. The number of carboxylic acid groups (broad SMARTS) is 1. The summed E-state index contributed by atoms with van der Waals surface area (Å²) in [6.45, 7) is 2.72. The Kier molecular flexibility index (Phi) is 4.85. The van der Waals surface area contributed by atoms with Crippen molar-refractivity contribution in [3.63, 3.8) is 0 Å². The van der Waals surface area contributed by atoms with Crippen molar-refractivity contribution in [2.45, 2.75) is 75.9 Å². The minimum absolute atomic E-state index is 0.423. The maximum Gasteiger partial charge on any atom is 0.323 e. The van der Waals surface area contributed by atoms with E-state index in [4.69, 9.17) is 0 Å². The number of likely N-dealkylation sites (N-methyl/N-ethyl adjacent to an activating group) is 1. The molecule has 0 amide bonds. The van der Waals surface area contributed by atoms with Gasteiger partial charge in [-0.1, -0.05) is 19.8 Å². The number of aliphatic carboxylic acids is 1. The molecule has 0 aromatic carbocycles. The molecule has 4 heteroatoms. The van der Waals surface area contributed by atoms with E-state index < -0.39 is 11.5 Å². The summed E-state index contributed by atoms with van der Waals surface area (Å²) < 4.78 is 0. The number of rotatable bonds is 5. The van der Waals surface area contributed by atoms with Gasteiger partial charge in [-0.25, -0.2) is 0 Å². The van der Waals surface area contributed by atoms with Crippen LogP contribution in [-0.2, 0) is 4.79 Å². The Balaban J connectivity index is 2.04. The second-order valence-corrected chi connectivity index (χ2v) is 6.27. The Labute approximate surface area is 116 Å². The van der Waals surface area contributed by atoms with Gasteiger partial charge in [-0.2, -0.15) is 0 Å². The van der Waals surface area contributed by atoms with Gasteiger partial charge >= 0.3 is 5.97 Å². The van der Waals surface area contributed by atoms with Crippen molar-refractivity contribution < 1.29 is 9.90 Å². The maximum absolute atomic E-state index is 11.7. The lowest BCUT2D eigenvalue weighted by molar-refractivity contribution is -0.147. The Bertz CT molecular complexity index is 311. The summed E-state index contributed by atoms with van der Waals surface area (Å²) in [5.74, 6) is -0.668. The smallest absolute Gasteiger partial charge is 0.323 e. The number of hydrogen-bond donors (Lipinski definition) is 2. The van der Waals surface area contributed by atoms with Crippen LogP contribution in [0.15, 0.2) is 0 Å². The van der Waals surface area contributed by atoms with Gasteiger partial charge in [0.05, 0.1) is 0 Å². The molecule has 4 nitrogen and oxygen atoms in total. The standard InChI is InChI=1S/C15H28N2O2/c1-3-16-15(14(18)19)10-6-9-13(11-15)17(2)12-7-4-5-8-12/h12-13,16H,3-11H2,1-2H3,(H,18,19). The van der Waals surface area contributed by atoms with Crippen LogP contribution in [0.1, 0.15) is 58.3 Å². The molecule has 2 atom stereocenters. The highest BCUT2D eigenvalue weighted by atomic mass is 16.4. The third-order valence-electron chi connectivity index (χ3n) is 5.13. The Morgan fingerprint density at radius 1 is 1.26 bits per heavy atom. The van der Waals surface area contributed by atoms with E-state index in [1.54, 1.807) is 0 Å². The first-order valence-electron chi connectivity index (χ1n) is 7.79. The molecule has 0 aromatic rings. The second-order valence-electron chi connectivity index (χ2n) is 6.27. The summed E-state index contributed by atoms with van der Waals surface area (Å²) in [6, 6.07) is 1.10. The third kappa shape index (κ3) is 3.11. The molecule has 0 aromatic heterocycles. The van der Waals surface area contributed by atoms with Gasteiger partial charge in [-0.15, -0.1) is 0 Å². The zero-order chi connectivity index (χ0) is 13.9. The first-order valence-corrected chi connectivity index (χ1v) is 7.79. The summed E-state index contributed by atoms with van der Waals surface area (Å²) in [5.41, 5.74) is -0.690. The summed E-state index contributed by atoms with van der Waals surface area (Å²) in [6.07, 6.45) is 8.92. The van der Waals surface area contributed by atoms with Gasteiger partial charge in [0.1, 0.15) is 5.54 Å². The van der Waals surface area contributed by atoms with Crippen molar-refractivity contribution in [1.82, 2.24) is 10.2 Å². The van der Waals surface area contributed by atoms with Crippen LogP contribution in [-0.4, -0.2) is 47.2 Å². The van der Waals surface area contributed by atoms with E-state index >= 15 is 0 Å². The predicted molar refractivity (Wildman–Crippen MR) is 76.3 cm³/mol. The molecule has 0 bridgehead atoms. The highest BCUT2D eigenvalue weighted by molar-refractivity contribution is 5.79. The zero-order valence-corrected chi connectivity index (χ0v) is 12.3. The highest BCUT2D eigenvalue weighted by Gasteiger charge is 2.44. The van der Waals surface area contributed by atoms with Crippen LogP contribution in [0.2, 0.25) is 0 Å². The molecular weight excluding hydrogens is 240 g/mol. The van der Waals surface area contributed by atoms with Crippen LogP contribution in [0.4, 0.5) is 0 Å². The van der Waals surface area contributed by atoms with Gasteiger partial charge in [0.2, 0.25) is 0 Å². The van der Waals surface area contributed by atoms with Crippen molar-refractivity contribution in [2.75, 3.05) is 13.6 Å². The fourth-order valence-electron chi connectivity index (χ4n) is 3.97. The van der Waals surface area contributed by atoms with Crippen LogP contribution in [0.25, 0.3) is 0 Å². The van der Waals surface area contributed by atoms with Gasteiger partial charge in [0.15, 0.2) is 0 Å². The Morgan fingerprint density at radius 3 is 2.47 bits per heavy atom. The summed E-state index contributed by atoms with van der Waals surface area (Å²) in [4.78, 5) is 14.1. The predicted octanol–water partition coefficient (Wildman–Crippen LogP) is 2.24. The summed E-state index contributed by atoms with van der Waals surface area (Å²) >= 11 is 0. The average Bonchev–Trinajstić information content (AvgIpc) is 2.92. The molecule has 0 aliphatic heterocycles. The van der Waals surface area contributed by atoms with Crippen LogP contribution in [0.3, 0.4) is 0 Å². The van der Waals surface area contributed by atoms with Crippen LogP contribution in [0.5, 0.6) is 0 Å². The Hall–Kier alpha value is -0.610. The number of carboxylic acids is 1. The molecule has 0 radical (unpaired) electrons. The quantitative estimate of drug-likeness (QED) is 0.803. The van der Waals surface area contributed by atoms with Crippen molar-refractivity contribution in [2.24, 2.45) is 0 Å². The molecule has 2 rings (SSSR count). The minimum atomic E-state index is -0.690. The Morgan fingerprint density at radius 2 is 1.89 bits per heavy atom. The molecule has 110 valence electrons. The summed E-state index contributed by atoms with van der Waals surface area (Å²) in [7, 11) is 2.20. The highest BCUT2D eigenvalue weighted by Crippen LogP contribution is 2.34. The van der Waals surface area contributed by atoms with Crippen LogP contribution >= 0.6 is 0 Å². The molecule has 2 N–H and O–H groups in total. The maximum atomic E-state index is 11.7. The van der Waals surface area contributed by atoms with E-state index in [0.29, 0.717) is 12.1 Å². The monoisotopic (exact) mass is 268 g/mol. The second kappa shape index (κ2) is 6.23. The van der Waals surface area contributed by atoms with Crippen molar-refractivity contribution in [3.05, 3.63) is 0 Å². The van der Waals surface area contributed by atoms with E-state index in [1.807, 2.05) is 6.92 Å². The van der Waals surface area contributed by atoms with Crippen LogP contribution in [0, 0.1) is 0 Å². The molecule has 19 heavy (non-hydrogen) atoms. The topological polar surface area (TPSA) is 52.6 Å². The SMILES string of the molecule is CCNC1(C(=O)O)CCCC(N(C)C2CCCC2)C1. The van der Waals surface area contributed by atoms with E-state index in [1.165, 1.54) is 25.7 Å². The lowest BCUT2D eigenvalue weighted by atomic mass is 9.78. The molecule has 2 saturated carbocycles. The average molecular weight is 268 g/mol. The van der Waals surface area contributed by atoms with E-state index in [9.17, 15) is 9.90 Å². The van der Waals surface area contributed by atoms with Crippen LogP contribution < -0.4 is 5.32 Å². The largest absolute Gasteiger partial charge is 0.480 e. The fourth-order valence-corrected chi connectivity index (χ4v) is 3.97. The van der Waals surface area contributed by atoms with Gasteiger partial charge in [0.25, 0.3) is 0 Å². The normalized spacial score (nSPS) is 32.9. The molecule has 2 unspecified atom stereocenters. The zero-order valence-electron chi connectivity index (χ0n) is 12.3. The molecule has 2 fully saturated rings. The fraction of sp³-hybridized carbons (Fsp3) is 0.933. The number of carbonyl (C=O) groups is 1. The molecule has 2 aliphatic rings. The van der Waals surface area contributed by atoms with E-state index in [0.717, 1.165) is 32.2 Å². The number of nitrogens with one attached hydrogen (secondary N) is 1. The van der Waals surface area contributed by atoms with E-state index in [-0.39, 0.29) is 0 Å². The molecular formula is C15H28N2O2. The number of hydrogen-bond acceptors (Lipinski definition) is 3. The van der Waals surface area contributed by atoms with Gasteiger partial charge < -0.3 is 15.3 Å². The van der Waals surface area contributed by atoms with Gasteiger partial charge in [0, 0.05) is 12.1 Å². The van der Waals surface area contributed by atoms with Crippen molar-refractivity contribution >= 4 is 5.97 Å². The third-order valence-corrected chi connectivity index (χ3v) is 5.13. The van der Waals surface area contributed by atoms with E-state index in [2.05, 4.69) is 17.3 Å². The number of nitrogens with zero attached hydrogens (tertiary/aromatic N) is 1. The van der Waals surface area contributed by atoms with Gasteiger partial charge in [-0.05, 0) is 52.1 Å². The lowest BCUT2D eigenvalue weighted by Crippen LogP contribution is -2.58. The minimum Gasteiger partial charge on any atom is -0.480 e. The van der Waals surface area contributed by atoms with Crippen molar-refractivity contribution in [3.8, 4) is 0 Å². The molecule has 0 heterocycles. The molecule has 0 saturated heterocycles. The summed E-state index contributed by atoms with van der Waals surface area (Å²) in [5, 5.41) is 12.9. The first kappa shape index (κ1) is 14.8. The van der Waals surface area contributed by atoms with Crippen molar-refractivity contribution in [1.29, 1.82) is 0 Å². The van der Waals surface area contributed by atoms with Gasteiger partial charge in [-0.3, -0.25) is 4.79 Å². The first-order chi connectivity index (χ1) is 9.09.